The molecule has 1 atom stereocenters. The number of sulfone groups is 1. The number of nitrogens with two attached hydrogens (primary N) is 1. The number of para-hydroxylation sites is 1. The zero-order valence-corrected chi connectivity index (χ0v) is 15.0. The van der Waals surface area contributed by atoms with E-state index in [1.165, 1.54) is 0 Å². The van der Waals surface area contributed by atoms with Crippen LogP contribution in [0.2, 0.25) is 0 Å². The molecule has 7 heteroatoms. The number of rotatable bonds is 6. The summed E-state index contributed by atoms with van der Waals surface area (Å²) in [4.78, 5) is 14.3. The number of nitrogen functional groups attached to an aromatic ring is 1. The fourth-order valence-corrected chi connectivity index (χ4v) is 4.65. The number of carbonyl (C=O) groups is 1. The van der Waals surface area contributed by atoms with Crippen LogP contribution in [0.3, 0.4) is 0 Å². The van der Waals surface area contributed by atoms with Crippen LogP contribution < -0.4 is 5.73 Å². The molecule has 130 valence electrons. The van der Waals surface area contributed by atoms with Crippen LogP contribution in [0.1, 0.15) is 31.7 Å². The summed E-state index contributed by atoms with van der Waals surface area (Å²) in [5.74, 6) is 0.315. The summed E-state index contributed by atoms with van der Waals surface area (Å²) >= 11 is 0. The molecule has 1 aromatic rings. The van der Waals surface area contributed by atoms with Gasteiger partial charge in [-0.3, -0.25) is 4.79 Å². The highest BCUT2D eigenvalue weighted by atomic mass is 35.5. The van der Waals surface area contributed by atoms with E-state index in [9.17, 15) is 13.2 Å². The highest BCUT2D eigenvalue weighted by Crippen LogP contribution is 2.20. The molecule has 2 N–H and O–H groups in total. The van der Waals surface area contributed by atoms with Crippen LogP contribution in [0.25, 0.3) is 0 Å². The first-order valence-corrected chi connectivity index (χ1v) is 9.58. The Bertz CT molecular complexity index is 634. The van der Waals surface area contributed by atoms with Crippen molar-refractivity contribution in [3.63, 3.8) is 0 Å². The molecule has 0 spiro atoms. The van der Waals surface area contributed by atoms with Crippen molar-refractivity contribution in [3.8, 4) is 0 Å². The Morgan fingerprint density at radius 1 is 1.35 bits per heavy atom. The minimum Gasteiger partial charge on any atom is -0.399 e. The zero-order chi connectivity index (χ0) is 16.2. The number of anilines is 1. The fourth-order valence-electron chi connectivity index (χ4n) is 2.92. The number of halogens is 1. The molecular formula is C16H25ClN2O3S. The molecule has 0 saturated carbocycles. The highest BCUT2D eigenvalue weighted by Gasteiger charge is 2.33. The molecule has 1 aromatic carbocycles. The van der Waals surface area contributed by atoms with Crippen molar-refractivity contribution in [2.24, 2.45) is 0 Å². The summed E-state index contributed by atoms with van der Waals surface area (Å²) in [5.41, 5.74) is 7.55. The van der Waals surface area contributed by atoms with Gasteiger partial charge >= 0.3 is 0 Å². The van der Waals surface area contributed by atoms with Crippen molar-refractivity contribution in [2.45, 2.75) is 38.6 Å². The molecule has 0 aromatic heterocycles. The van der Waals surface area contributed by atoms with Crippen molar-refractivity contribution in [1.82, 2.24) is 4.90 Å². The third kappa shape index (κ3) is 5.39. The lowest BCUT2D eigenvalue weighted by molar-refractivity contribution is -0.133. The average Bonchev–Trinajstić information content (AvgIpc) is 2.83. The van der Waals surface area contributed by atoms with Gasteiger partial charge in [-0.05, 0) is 30.9 Å². The van der Waals surface area contributed by atoms with E-state index in [0.717, 1.165) is 12.0 Å². The van der Waals surface area contributed by atoms with E-state index in [0.29, 0.717) is 31.5 Å². The van der Waals surface area contributed by atoms with Crippen LogP contribution in [-0.2, 0) is 21.1 Å². The van der Waals surface area contributed by atoms with Gasteiger partial charge < -0.3 is 10.6 Å². The number of hydrogen-bond acceptors (Lipinski definition) is 4. The zero-order valence-electron chi connectivity index (χ0n) is 13.4. The largest absolute Gasteiger partial charge is 0.399 e. The van der Waals surface area contributed by atoms with Crippen LogP contribution in [-0.4, -0.2) is 43.3 Å². The molecule has 0 bridgehead atoms. The Labute approximate surface area is 144 Å². The number of aryl methyl sites for hydroxylation is 1. The molecule has 0 radical (unpaired) electrons. The first-order valence-electron chi connectivity index (χ1n) is 7.76. The highest BCUT2D eigenvalue weighted by molar-refractivity contribution is 7.91. The SMILES string of the molecule is CCCN(C(=O)CCc1ccccc1N)C1CCS(=O)(=O)C1.Cl. The monoisotopic (exact) mass is 360 g/mol. The second-order valence-corrected chi connectivity index (χ2v) is 8.07. The van der Waals surface area contributed by atoms with Gasteiger partial charge in [-0.2, -0.15) is 0 Å². The Kier molecular flexibility index (Phi) is 7.35. The maximum absolute atomic E-state index is 12.5. The molecule has 1 fully saturated rings. The summed E-state index contributed by atoms with van der Waals surface area (Å²) in [7, 11) is -2.98. The van der Waals surface area contributed by atoms with Crippen molar-refractivity contribution >= 4 is 33.8 Å². The normalized spacial score (nSPS) is 19.1. The van der Waals surface area contributed by atoms with Gasteiger partial charge in [-0.1, -0.05) is 25.1 Å². The molecule has 1 amide bonds. The number of carbonyl (C=O) groups excluding carboxylic acids is 1. The molecule has 5 nitrogen and oxygen atoms in total. The van der Waals surface area contributed by atoms with E-state index in [-0.39, 0.29) is 35.9 Å². The van der Waals surface area contributed by atoms with E-state index in [1.807, 2.05) is 31.2 Å². The lowest BCUT2D eigenvalue weighted by Crippen LogP contribution is -2.41. The van der Waals surface area contributed by atoms with E-state index in [1.54, 1.807) is 4.90 Å². The minimum absolute atomic E-state index is 0. The molecule has 0 aliphatic carbocycles. The van der Waals surface area contributed by atoms with Gasteiger partial charge in [0.05, 0.1) is 11.5 Å². The lowest BCUT2D eigenvalue weighted by Gasteiger charge is -2.28. The molecule has 1 aliphatic heterocycles. The van der Waals surface area contributed by atoms with Crippen molar-refractivity contribution < 1.29 is 13.2 Å². The van der Waals surface area contributed by atoms with Crippen molar-refractivity contribution in [1.29, 1.82) is 0 Å². The van der Waals surface area contributed by atoms with Crippen LogP contribution in [0, 0.1) is 0 Å². The molecule has 1 heterocycles. The summed E-state index contributed by atoms with van der Waals surface area (Å²) < 4.78 is 23.3. The van der Waals surface area contributed by atoms with E-state index in [2.05, 4.69) is 0 Å². The number of benzene rings is 1. The van der Waals surface area contributed by atoms with Gasteiger partial charge in [0.15, 0.2) is 9.84 Å². The maximum atomic E-state index is 12.5. The lowest BCUT2D eigenvalue weighted by atomic mass is 10.1. The number of hydrogen-bond donors (Lipinski definition) is 1. The second-order valence-electron chi connectivity index (χ2n) is 5.84. The van der Waals surface area contributed by atoms with E-state index in [4.69, 9.17) is 5.73 Å². The van der Waals surface area contributed by atoms with Crippen molar-refractivity contribution in [2.75, 3.05) is 23.8 Å². The quantitative estimate of drug-likeness (QED) is 0.787. The predicted octanol–water partition coefficient (Wildman–Crippen LogP) is 2.05. The Morgan fingerprint density at radius 2 is 2.04 bits per heavy atom. The summed E-state index contributed by atoms with van der Waals surface area (Å²) in [6.07, 6.45) is 2.34. The summed E-state index contributed by atoms with van der Waals surface area (Å²) in [5, 5.41) is 0. The molecule has 2 rings (SSSR count). The topological polar surface area (TPSA) is 80.5 Å². The van der Waals surface area contributed by atoms with Crippen LogP contribution in [0.4, 0.5) is 5.69 Å². The van der Waals surface area contributed by atoms with Crippen LogP contribution in [0.5, 0.6) is 0 Å². The van der Waals surface area contributed by atoms with Gasteiger partial charge in [0.2, 0.25) is 5.91 Å². The Balaban J connectivity index is 0.00000264. The van der Waals surface area contributed by atoms with Gasteiger partial charge in [-0.15, -0.1) is 12.4 Å². The van der Waals surface area contributed by atoms with Crippen molar-refractivity contribution in [3.05, 3.63) is 29.8 Å². The number of nitrogens with zero attached hydrogens (tertiary/aromatic N) is 1. The predicted molar refractivity (Wildman–Crippen MR) is 95.5 cm³/mol. The fraction of sp³-hybridized carbons (Fsp3) is 0.562. The second kappa shape index (κ2) is 8.55. The van der Waals surface area contributed by atoms with E-state index >= 15 is 0 Å². The standard InChI is InChI=1S/C16H24N2O3S.ClH/c1-2-10-18(14-9-11-22(20,21)12-14)16(19)8-7-13-5-3-4-6-15(13)17;/h3-6,14H,2,7-12,17H2,1H3;1H. The van der Waals surface area contributed by atoms with E-state index < -0.39 is 9.84 Å². The molecule has 1 saturated heterocycles. The third-order valence-electron chi connectivity index (χ3n) is 4.10. The first kappa shape index (κ1) is 19.8. The Morgan fingerprint density at radius 3 is 2.61 bits per heavy atom. The van der Waals surface area contributed by atoms with Crippen LogP contribution >= 0.6 is 12.4 Å². The van der Waals surface area contributed by atoms with Gasteiger partial charge in [-0.25, -0.2) is 8.42 Å². The summed E-state index contributed by atoms with van der Waals surface area (Å²) in [6, 6.07) is 7.36. The molecular weight excluding hydrogens is 336 g/mol. The first-order chi connectivity index (χ1) is 10.4. The smallest absolute Gasteiger partial charge is 0.223 e. The third-order valence-corrected chi connectivity index (χ3v) is 5.85. The van der Waals surface area contributed by atoms with Gasteiger partial charge in [0.25, 0.3) is 0 Å². The van der Waals surface area contributed by atoms with Gasteiger partial charge in [0.1, 0.15) is 0 Å². The average molecular weight is 361 g/mol. The van der Waals surface area contributed by atoms with Gasteiger partial charge in [0, 0.05) is 24.7 Å². The summed E-state index contributed by atoms with van der Waals surface area (Å²) in [6.45, 7) is 2.61. The maximum Gasteiger partial charge on any atom is 0.223 e. The molecule has 23 heavy (non-hydrogen) atoms. The Hall–Kier alpha value is -1.27. The molecule has 1 aliphatic rings. The molecule has 1 unspecified atom stereocenters. The minimum atomic E-state index is -2.98. The van der Waals surface area contributed by atoms with Crippen LogP contribution in [0.15, 0.2) is 24.3 Å². The number of amides is 1.